The maximum Gasteiger partial charge on any atom is 0.319 e. The molecule has 1 aliphatic carbocycles. The molecule has 0 spiro atoms. The van der Waals surface area contributed by atoms with Crippen molar-refractivity contribution >= 4 is 22.6 Å². The van der Waals surface area contributed by atoms with Crippen LogP contribution in [0.1, 0.15) is 36.8 Å². The van der Waals surface area contributed by atoms with Crippen molar-refractivity contribution in [1.82, 2.24) is 24.8 Å². The summed E-state index contributed by atoms with van der Waals surface area (Å²) in [6.07, 6.45) is 12.2. The summed E-state index contributed by atoms with van der Waals surface area (Å²) in [4.78, 5) is 36.8. The van der Waals surface area contributed by atoms with Gasteiger partial charge in [0.2, 0.25) is 12.5 Å². The molecule has 0 bridgehead atoms. The number of ether oxygens (including phenoxy) is 1. The third-order valence-corrected chi connectivity index (χ3v) is 8.86. The van der Waals surface area contributed by atoms with Crippen LogP contribution >= 0.6 is 0 Å². The second kappa shape index (κ2) is 11.8. The lowest BCUT2D eigenvalue weighted by atomic mass is 9.87. The number of likely N-dealkylation sites (tertiary alicyclic amines) is 1. The van der Waals surface area contributed by atoms with Crippen LogP contribution in [0.15, 0.2) is 43.2 Å². The first-order chi connectivity index (χ1) is 20.1. The fourth-order valence-corrected chi connectivity index (χ4v) is 6.55. The molecule has 3 aliphatic rings. The molecule has 212 valence electrons. The summed E-state index contributed by atoms with van der Waals surface area (Å²) < 4.78 is 6.26. The molecule has 2 aromatic heterocycles. The Morgan fingerprint density at radius 2 is 2.02 bits per heavy atom. The zero-order valence-electron chi connectivity index (χ0n) is 23.8. The fraction of sp³-hybridized carbons (Fsp3) is 0.469. The molecule has 2 saturated heterocycles. The van der Waals surface area contributed by atoms with Crippen molar-refractivity contribution in [1.29, 1.82) is 0 Å². The molecule has 6 rings (SSSR count). The van der Waals surface area contributed by atoms with Gasteiger partial charge in [0.15, 0.2) is 0 Å². The number of anilines is 1. The van der Waals surface area contributed by atoms with Gasteiger partial charge in [0.1, 0.15) is 18.5 Å². The number of carbonyl (C=O) groups is 1. The molecule has 3 aromatic rings. The van der Waals surface area contributed by atoms with Gasteiger partial charge in [-0.1, -0.05) is 12.6 Å². The molecular weight excluding hydrogens is 514 g/mol. The Morgan fingerprint density at radius 1 is 1.15 bits per heavy atom. The van der Waals surface area contributed by atoms with E-state index < -0.39 is 0 Å². The number of nitrogens with zero attached hydrogens (tertiary/aromatic N) is 7. The van der Waals surface area contributed by atoms with Crippen LogP contribution in [0.2, 0.25) is 0 Å². The fourth-order valence-electron chi connectivity index (χ4n) is 6.55. The minimum absolute atomic E-state index is 0.139. The zero-order chi connectivity index (χ0) is 28.3. The summed E-state index contributed by atoms with van der Waals surface area (Å²) in [6, 6.07) is 6.85. The number of fused-ring (bicyclic) bond motifs is 2. The molecule has 2 atom stereocenters. The van der Waals surface area contributed by atoms with Crippen molar-refractivity contribution in [3.05, 3.63) is 65.8 Å². The second-order valence-electron chi connectivity index (χ2n) is 11.4. The van der Waals surface area contributed by atoms with Crippen molar-refractivity contribution < 1.29 is 9.53 Å². The van der Waals surface area contributed by atoms with Crippen LogP contribution in [0.25, 0.3) is 26.9 Å². The van der Waals surface area contributed by atoms with E-state index in [9.17, 15) is 4.79 Å². The van der Waals surface area contributed by atoms with E-state index in [2.05, 4.69) is 51.5 Å². The van der Waals surface area contributed by atoms with Crippen LogP contribution in [-0.2, 0) is 17.6 Å². The van der Waals surface area contributed by atoms with Crippen LogP contribution in [0.4, 0.5) is 5.82 Å². The first-order valence-corrected chi connectivity index (χ1v) is 14.7. The number of aromatic nitrogens is 3. The number of hydrogen-bond acceptors (Lipinski definition) is 7. The second-order valence-corrected chi connectivity index (χ2v) is 11.4. The van der Waals surface area contributed by atoms with Crippen molar-refractivity contribution in [3.63, 3.8) is 0 Å². The molecule has 2 fully saturated rings. The molecule has 0 radical (unpaired) electrons. The topological polar surface area (TPSA) is 79.1 Å². The predicted octanol–water partition coefficient (Wildman–Crippen LogP) is 4.17. The minimum Gasteiger partial charge on any atom is -0.462 e. The number of pyridine rings is 1. The largest absolute Gasteiger partial charge is 0.462 e. The monoisotopic (exact) mass is 551 g/mol. The smallest absolute Gasteiger partial charge is 0.319 e. The number of rotatable bonds is 7. The lowest BCUT2D eigenvalue weighted by Gasteiger charge is -2.39. The summed E-state index contributed by atoms with van der Waals surface area (Å²) >= 11 is 0. The minimum atomic E-state index is -0.241. The standard InChI is InChI=1S/C32H37N7O2/c1-4-30(40)39-15-14-38(20-25(39)18-33-2)31-27-12-11-22(28-19-34-17-23-8-5-6-10-26(23)28)16-29(27)35-32(36-31)41-21-24-9-7-13-37(24)3/h4,11-12,16-17,19,24-25H,1,5-10,13-15,18,20-21H2,3H3/t24-,25-/m0/s1. The number of aryl methyl sites for hydroxylation is 1. The summed E-state index contributed by atoms with van der Waals surface area (Å²) in [7, 11) is 2.14. The van der Waals surface area contributed by atoms with Crippen LogP contribution in [-0.4, -0.2) is 89.1 Å². The number of likely N-dealkylation sites (N-methyl/N-ethyl adjacent to an activating group) is 1. The van der Waals surface area contributed by atoms with Gasteiger partial charge in [0.25, 0.3) is 0 Å². The van der Waals surface area contributed by atoms with E-state index in [1.807, 2.05) is 12.4 Å². The van der Waals surface area contributed by atoms with E-state index >= 15 is 0 Å². The van der Waals surface area contributed by atoms with Gasteiger partial charge in [-0.2, -0.15) is 9.97 Å². The van der Waals surface area contributed by atoms with Crippen molar-refractivity contribution in [2.24, 2.45) is 0 Å². The molecule has 9 heteroatoms. The maximum absolute atomic E-state index is 12.5. The quantitative estimate of drug-likeness (QED) is 0.322. The van der Waals surface area contributed by atoms with Gasteiger partial charge in [-0.15, -0.1) is 0 Å². The predicted molar refractivity (Wildman–Crippen MR) is 160 cm³/mol. The summed E-state index contributed by atoms with van der Waals surface area (Å²) in [5, 5.41) is 0.932. The molecule has 0 unspecified atom stereocenters. The number of benzene rings is 1. The number of carbonyl (C=O) groups excluding carboxylic acids is 1. The van der Waals surface area contributed by atoms with Crippen LogP contribution < -0.4 is 9.64 Å². The molecule has 4 heterocycles. The Bertz CT molecular complexity index is 1500. The van der Waals surface area contributed by atoms with Gasteiger partial charge in [-0.25, -0.2) is 6.57 Å². The number of amides is 1. The number of hydrogen-bond donors (Lipinski definition) is 0. The van der Waals surface area contributed by atoms with Crippen molar-refractivity contribution in [2.75, 3.05) is 51.3 Å². The highest BCUT2D eigenvalue weighted by Crippen LogP contribution is 2.35. The van der Waals surface area contributed by atoms with E-state index in [0.717, 1.165) is 48.1 Å². The molecule has 1 aromatic carbocycles. The van der Waals surface area contributed by atoms with Gasteiger partial charge in [-0.3, -0.25) is 9.78 Å². The van der Waals surface area contributed by atoms with E-state index in [-0.39, 0.29) is 18.5 Å². The van der Waals surface area contributed by atoms with Gasteiger partial charge in [-0.05, 0) is 87.0 Å². The molecule has 41 heavy (non-hydrogen) atoms. The SMILES string of the molecule is [C-]#[N+]C[C@H]1CN(c2nc(OC[C@@H]3CCCN3C)nc3cc(-c4cncc5c4CCCC5)ccc23)CCN1C(=O)C=C. The molecular formula is C32H37N7O2. The van der Waals surface area contributed by atoms with Crippen molar-refractivity contribution in [3.8, 4) is 17.1 Å². The Morgan fingerprint density at radius 3 is 2.83 bits per heavy atom. The number of piperazine rings is 1. The lowest BCUT2D eigenvalue weighted by Crippen LogP contribution is -2.56. The van der Waals surface area contributed by atoms with E-state index in [0.29, 0.717) is 38.3 Å². The van der Waals surface area contributed by atoms with Gasteiger partial charge in [0.05, 0.1) is 5.52 Å². The van der Waals surface area contributed by atoms with Crippen LogP contribution in [0.3, 0.4) is 0 Å². The van der Waals surface area contributed by atoms with Gasteiger partial charge in [0, 0.05) is 49.0 Å². The first-order valence-electron chi connectivity index (χ1n) is 14.7. The molecule has 1 amide bonds. The van der Waals surface area contributed by atoms with Crippen LogP contribution in [0, 0.1) is 6.57 Å². The van der Waals surface area contributed by atoms with Crippen LogP contribution in [0.5, 0.6) is 6.01 Å². The van der Waals surface area contributed by atoms with E-state index in [1.54, 1.807) is 4.90 Å². The maximum atomic E-state index is 12.5. The highest BCUT2D eigenvalue weighted by molar-refractivity contribution is 5.93. The molecule has 9 nitrogen and oxygen atoms in total. The summed E-state index contributed by atoms with van der Waals surface area (Å²) in [5.41, 5.74) is 5.84. The Labute approximate surface area is 241 Å². The van der Waals surface area contributed by atoms with Crippen molar-refractivity contribution in [2.45, 2.75) is 50.6 Å². The molecule has 0 saturated carbocycles. The highest BCUT2D eigenvalue weighted by Gasteiger charge is 2.33. The van der Waals surface area contributed by atoms with E-state index in [4.69, 9.17) is 21.3 Å². The van der Waals surface area contributed by atoms with E-state index in [1.165, 1.54) is 42.0 Å². The normalized spacial score (nSPS) is 21.0. The highest BCUT2D eigenvalue weighted by atomic mass is 16.5. The average molecular weight is 552 g/mol. The summed E-state index contributed by atoms with van der Waals surface area (Å²) in [6.45, 7) is 14.6. The third-order valence-electron chi connectivity index (χ3n) is 8.86. The lowest BCUT2D eigenvalue weighted by molar-refractivity contribution is -0.128. The average Bonchev–Trinajstić information content (AvgIpc) is 3.43. The van der Waals surface area contributed by atoms with Gasteiger partial charge >= 0.3 is 6.01 Å². The van der Waals surface area contributed by atoms with Gasteiger partial charge < -0.3 is 24.3 Å². The molecule has 2 aliphatic heterocycles. The third kappa shape index (κ3) is 5.49. The molecule has 0 N–H and O–H groups in total. The zero-order valence-corrected chi connectivity index (χ0v) is 23.8. The Hall–Kier alpha value is -4.03. The Balaban J connectivity index is 1.38. The summed E-state index contributed by atoms with van der Waals surface area (Å²) in [5.74, 6) is 0.644. The first kappa shape index (κ1) is 27.2. The Kier molecular flexibility index (Phi) is 7.84.